The highest BCUT2D eigenvalue weighted by atomic mass is 16.1. The third-order valence-electron chi connectivity index (χ3n) is 3.76. The van der Waals surface area contributed by atoms with Crippen LogP contribution < -0.4 is 5.32 Å². The van der Waals surface area contributed by atoms with Crippen molar-refractivity contribution in [3.8, 4) is 0 Å². The molecule has 0 bridgehead atoms. The van der Waals surface area contributed by atoms with Gasteiger partial charge in [-0.1, -0.05) is 42.0 Å². The van der Waals surface area contributed by atoms with Gasteiger partial charge >= 0.3 is 0 Å². The van der Waals surface area contributed by atoms with E-state index in [0.717, 1.165) is 17.5 Å². The van der Waals surface area contributed by atoms with Crippen LogP contribution in [0.5, 0.6) is 0 Å². The van der Waals surface area contributed by atoms with E-state index in [4.69, 9.17) is 0 Å². The number of aryl methyl sites for hydroxylation is 1. The minimum atomic E-state index is -0.0677. The van der Waals surface area contributed by atoms with Gasteiger partial charge in [-0.3, -0.25) is 4.79 Å². The largest absolute Gasteiger partial charge is 0.352 e. The molecule has 0 aliphatic carbocycles. The zero-order valence-electron chi connectivity index (χ0n) is 13.4. The summed E-state index contributed by atoms with van der Waals surface area (Å²) < 4.78 is 1.85. The van der Waals surface area contributed by atoms with E-state index in [9.17, 15) is 4.79 Å². The highest BCUT2D eigenvalue weighted by Crippen LogP contribution is 2.15. The molecule has 0 aliphatic heterocycles. The molecule has 0 saturated carbocycles. The fraction of sp³-hybridized carbons (Fsp3) is 0.278. The van der Waals surface area contributed by atoms with Crippen LogP contribution in [-0.4, -0.2) is 27.4 Å². The summed E-state index contributed by atoms with van der Waals surface area (Å²) in [6, 6.07) is 13.9. The summed E-state index contributed by atoms with van der Waals surface area (Å²) in [5, 5.41) is 11.3. The van der Waals surface area contributed by atoms with Crippen LogP contribution in [0.25, 0.3) is 11.0 Å². The summed E-state index contributed by atoms with van der Waals surface area (Å²) >= 11 is 0. The van der Waals surface area contributed by atoms with Crippen molar-refractivity contribution in [3.05, 3.63) is 59.2 Å². The maximum Gasteiger partial charge on any atom is 0.251 e. The van der Waals surface area contributed by atoms with Gasteiger partial charge in [0.05, 0.1) is 12.1 Å². The first-order valence-corrected chi connectivity index (χ1v) is 7.84. The van der Waals surface area contributed by atoms with Gasteiger partial charge in [0.15, 0.2) is 0 Å². The van der Waals surface area contributed by atoms with Crippen LogP contribution in [0.15, 0.2) is 42.5 Å². The van der Waals surface area contributed by atoms with Gasteiger partial charge < -0.3 is 5.32 Å². The minimum Gasteiger partial charge on any atom is -0.352 e. The van der Waals surface area contributed by atoms with Crippen LogP contribution in [0.1, 0.15) is 34.8 Å². The van der Waals surface area contributed by atoms with Gasteiger partial charge in [0.1, 0.15) is 5.52 Å². The second kappa shape index (κ2) is 6.60. The first-order chi connectivity index (χ1) is 11.2. The zero-order chi connectivity index (χ0) is 16.2. The Morgan fingerprint density at radius 2 is 1.96 bits per heavy atom. The normalized spacial score (nSPS) is 10.9. The first-order valence-electron chi connectivity index (χ1n) is 7.84. The van der Waals surface area contributed by atoms with Crippen molar-refractivity contribution in [2.75, 3.05) is 6.54 Å². The molecule has 1 amide bonds. The van der Waals surface area contributed by atoms with E-state index < -0.39 is 0 Å². The first kappa shape index (κ1) is 15.2. The molecule has 0 fully saturated rings. The fourth-order valence-corrected chi connectivity index (χ4v) is 2.44. The predicted octanol–water partition coefficient (Wildman–Crippen LogP) is 2.93. The second-order valence-corrected chi connectivity index (χ2v) is 5.69. The fourth-order valence-electron chi connectivity index (χ4n) is 2.44. The summed E-state index contributed by atoms with van der Waals surface area (Å²) in [5.41, 5.74) is 4.69. The lowest BCUT2D eigenvalue weighted by Gasteiger charge is -2.05. The lowest BCUT2D eigenvalue weighted by molar-refractivity contribution is 0.0954. The average molecular weight is 308 g/mol. The maximum absolute atomic E-state index is 12.0. The number of fused-ring (bicyclic) bond motifs is 1. The molecule has 2 aromatic carbocycles. The molecule has 0 saturated heterocycles. The van der Waals surface area contributed by atoms with Crippen LogP contribution in [0, 0.1) is 6.92 Å². The lowest BCUT2D eigenvalue weighted by Crippen LogP contribution is -2.23. The van der Waals surface area contributed by atoms with Crippen molar-refractivity contribution in [3.63, 3.8) is 0 Å². The third kappa shape index (κ3) is 3.39. The van der Waals surface area contributed by atoms with E-state index >= 15 is 0 Å². The smallest absolute Gasteiger partial charge is 0.251 e. The molecule has 1 aromatic heterocycles. The van der Waals surface area contributed by atoms with Gasteiger partial charge in [-0.05, 0) is 37.1 Å². The molecule has 1 heterocycles. The van der Waals surface area contributed by atoms with Gasteiger partial charge in [0, 0.05) is 12.1 Å². The van der Waals surface area contributed by atoms with E-state index in [1.165, 1.54) is 11.1 Å². The number of nitrogens with one attached hydrogen (secondary N) is 1. The van der Waals surface area contributed by atoms with Gasteiger partial charge in [0.25, 0.3) is 5.91 Å². The van der Waals surface area contributed by atoms with Crippen molar-refractivity contribution in [1.82, 2.24) is 20.3 Å². The Morgan fingerprint density at radius 1 is 1.17 bits per heavy atom. The number of amides is 1. The molecule has 0 radical (unpaired) electrons. The Morgan fingerprint density at radius 3 is 2.70 bits per heavy atom. The predicted molar refractivity (Wildman–Crippen MR) is 90.4 cm³/mol. The summed E-state index contributed by atoms with van der Waals surface area (Å²) in [7, 11) is 0. The molecule has 0 spiro atoms. The maximum atomic E-state index is 12.0. The summed E-state index contributed by atoms with van der Waals surface area (Å²) in [4.78, 5) is 12.0. The van der Waals surface area contributed by atoms with Crippen LogP contribution >= 0.6 is 0 Å². The van der Waals surface area contributed by atoms with E-state index in [-0.39, 0.29) is 5.91 Å². The van der Waals surface area contributed by atoms with Crippen LogP contribution in [0.3, 0.4) is 0 Å². The van der Waals surface area contributed by atoms with Crippen LogP contribution in [0.2, 0.25) is 0 Å². The number of carbonyl (C=O) groups excluding carboxylic acids is 1. The third-order valence-corrected chi connectivity index (χ3v) is 3.76. The molecule has 5 heteroatoms. The van der Waals surface area contributed by atoms with Gasteiger partial charge in [-0.25, -0.2) is 4.68 Å². The number of rotatable bonds is 5. The van der Waals surface area contributed by atoms with Crippen LogP contribution in [-0.2, 0) is 6.54 Å². The lowest BCUT2D eigenvalue weighted by atomic mass is 10.1. The van der Waals surface area contributed by atoms with Crippen molar-refractivity contribution in [2.24, 2.45) is 0 Å². The highest BCUT2D eigenvalue weighted by Gasteiger charge is 2.10. The molecule has 23 heavy (non-hydrogen) atoms. The number of hydrogen-bond acceptors (Lipinski definition) is 3. The number of nitrogens with zero attached hydrogens (tertiary/aromatic N) is 3. The van der Waals surface area contributed by atoms with Gasteiger partial charge in [-0.15, -0.1) is 5.10 Å². The van der Waals surface area contributed by atoms with E-state index in [0.29, 0.717) is 18.7 Å². The molecule has 0 aliphatic rings. The molecule has 3 aromatic rings. The monoisotopic (exact) mass is 308 g/mol. The molecule has 3 rings (SSSR count). The average Bonchev–Trinajstić information content (AvgIpc) is 2.97. The van der Waals surface area contributed by atoms with E-state index in [1.54, 1.807) is 6.07 Å². The molecule has 0 unspecified atom stereocenters. The number of aromatic nitrogens is 3. The Bertz CT molecular complexity index is 821. The quantitative estimate of drug-likeness (QED) is 0.788. The highest BCUT2D eigenvalue weighted by molar-refractivity contribution is 5.97. The summed E-state index contributed by atoms with van der Waals surface area (Å²) in [5.74, 6) is -0.0677. The van der Waals surface area contributed by atoms with Crippen LogP contribution in [0.4, 0.5) is 0 Å². The number of hydrogen-bond donors (Lipinski definition) is 1. The number of carbonyl (C=O) groups is 1. The van der Waals surface area contributed by atoms with Gasteiger partial charge in [0.2, 0.25) is 0 Å². The van der Waals surface area contributed by atoms with Gasteiger partial charge in [-0.2, -0.15) is 0 Å². The molecule has 5 nitrogen and oxygen atoms in total. The Kier molecular flexibility index (Phi) is 4.37. The standard InChI is InChI=1S/C18H20N4O/c1-3-10-19-18(23)15-8-9-17-16(11-15)20-21-22(17)12-14-6-4-13(2)5-7-14/h4-9,11H,3,10,12H2,1-2H3,(H,19,23). The Balaban J connectivity index is 1.83. The second-order valence-electron chi connectivity index (χ2n) is 5.69. The minimum absolute atomic E-state index is 0.0677. The molecule has 0 atom stereocenters. The summed E-state index contributed by atoms with van der Waals surface area (Å²) in [6.07, 6.45) is 0.917. The Labute approximate surface area is 135 Å². The van der Waals surface area contributed by atoms with E-state index in [1.807, 2.05) is 23.7 Å². The Hall–Kier alpha value is -2.69. The zero-order valence-corrected chi connectivity index (χ0v) is 13.4. The molecule has 1 N–H and O–H groups in total. The SMILES string of the molecule is CCCNC(=O)c1ccc2c(c1)nnn2Cc1ccc(C)cc1. The topological polar surface area (TPSA) is 59.8 Å². The molecular weight excluding hydrogens is 288 g/mol. The van der Waals surface area contributed by atoms with Crippen molar-refractivity contribution < 1.29 is 4.79 Å². The van der Waals surface area contributed by atoms with Crippen molar-refractivity contribution in [1.29, 1.82) is 0 Å². The van der Waals surface area contributed by atoms with Crippen molar-refractivity contribution >= 4 is 16.9 Å². The molecular formula is C18H20N4O. The summed E-state index contributed by atoms with van der Waals surface area (Å²) in [6.45, 7) is 5.44. The van der Waals surface area contributed by atoms with Crippen molar-refractivity contribution in [2.45, 2.75) is 26.8 Å². The van der Waals surface area contributed by atoms with E-state index in [2.05, 4.69) is 46.8 Å². The number of benzene rings is 2. The molecule has 118 valence electrons.